The Kier molecular flexibility index (Phi) is 6.07. The molecule has 2 N–H and O–H groups in total. The average Bonchev–Trinajstić information content (AvgIpc) is 2.38. The van der Waals surface area contributed by atoms with Crippen LogP contribution < -0.4 is 5.32 Å². The van der Waals surface area contributed by atoms with Gasteiger partial charge in [-0.1, -0.05) is 12.8 Å². The van der Waals surface area contributed by atoms with Gasteiger partial charge in [-0.05, 0) is 26.7 Å². The molecule has 2 atom stereocenters. The van der Waals surface area contributed by atoms with Gasteiger partial charge in [0, 0.05) is 33.2 Å². The molecular formula is C14H28N2O3. The lowest BCUT2D eigenvalue weighted by molar-refractivity contribution is 0.0234. The van der Waals surface area contributed by atoms with Gasteiger partial charge in [-0.2, -0.15) is 0 Å². The van der Waals surface area contributed by atoms with Crippen molar-refractivity contribution in [2.45, 2.75) is 51.2 Å². The molecule has 0 aromatic carbocycles. The number of aliphatic hydroxyl groups excluding tert-OH is 1. The Morgan fingerprint density at radius 2 is 2.05 bits per heavy atom. The van der Waals surface area contributed by atoms with Crippen LogP contribution in [0.4, 0.5) is 4.79 Å². The van der Waals surface area contributed by atoms with Gasteiger partial charge in [-0.25, -0.2) is 4.79 Å². The Hall–Kier alpha value is -0.810. The van der Waals surface area contributed by atoms with Crippen molar-refractivity contribution in [1.29, 1.82) is 0 Å². The summed E-state index contributed by atoms with van der Waals surface area (Å²) in [5.41, 5.74) is -0.360. The van der Waals surface area contributed by atoms with Gasteiger partial charge in [0.25, 0.3) is 0 Å². The second-order valence-corrected chi connectivity index (χ2v) is 6.11. The highest BCUT2D eigenvalue weighted by Gasteiger charge is 2.26. The largest absolute Gasteiger partial charge is 0.393 e. The zero-order valence-corrected chi connectivity index (χ0v) is 12.6. The topological polar surface area (TPSA) is 61.8 Å². The van der Waals surface area contributed by atoms with E-state index < -0.39 is 0 Å². The van der Waals surface area contributed by atoms with Crippen LogP contribution in [0.5, 0.6) is 0 Å². The van der Waals surface area contributed by atoms with Gasteiger partial charge in [0.2, 0.25) is 0 Å². The SMILES string of the molecule is COC(C)(C)CNC(=O)N(C)C[C@H]1CCCC[C@@H]1O. The molecule has 1 aliphatic rings. The minimum Gasteiger partial charge on any atom is -0.393 e. The number of rotatable bonds is 5. The third-order valence-corrected chi connectivity index (χ3v) is 3.94. The summed E-state index contributed by atoms with van der Waals surface area (Å²) in [4.78, 5) is 13.6. The molecule has 0 aromatic heterocycles. The van der Waals surface area contributed by atoms with Crippen molar-refractivity contribution in [1.82, 2.24) is 10.2 Å². The third-order valence-electron chi connectivity index (χ3n) is 3.94. The molecule has 5 nitrogen and oxygen atoms in total. The van der Waals surface area contributed by atoms with Crippen LogP contribution in [0.3, 0.4) is 0 Å². The van der Waals surface area contributed by atoms with Crippen molar-refractivity contribution < 1.29 is 14.6 Å². The molecule has 0 radical (unpaired) electrons. The smallest absolute Gasteiger partial charge is 0.317 e. The van der Waals surface area contributed by atoms with Crippen molar-refractivity contribution >= 4 is 6.03 Å². The fourth-order valence-electron chi connectivity index (χ4n) is 2.33. The lowest BCUT2D eigenvalue weighted by atomic mass is 9.86. The number of nitrogens with zero attached hydrogens (tertiary/aromatic N) is 1. The van der Waals surface area contributed by atoms with Crippen molar-refractivity contribution in [3.8, 4) is 0 Å². The summed E-state index contributed by atoms with van der Waals surface area (Å²) in [6.45, 7) is 4.94. The molecule has 112 valence electrons. The van der Waals surface area contributed by atoms with E-state index in [1.165, 1.54) is 0 Å². The highest BCUT2D eigenvalue weighted by molar-refractivity contribution is 5.73. The predicted molar refractivity (Wildman–Crippen MR) is 75.1 cm³/mol. The Morgan fingerprint density at radius 1 is 1.42 bits per heavy atom. The first-order valence-corrected chi connectivity index (χ1v) is 7.08. The number of hydrogen-bond donors (Lipinski definition) is 2. The van der Waals surface area contributed by atoms with Gasteiger partial charge in [-0.3, -0.25) is 0 Å². The third kappa shape index (κ3) is 5.37. The van der Waals surface area contributed by atoms with Crippen LogP contribution in [0.1, 0.15) is 39.5 Å². The van der Waals surface area contributed by atoms with Gasteiger partial charge in [0.15, 0.2) is 0 Å². The molecule has 0 aromatic rings. The van der Waals surface area contributed by atoms with Crippen LogP contribution in [-0.2, 0) is 4.74 Å². The van der Waals surface area contributed by atoms with Gasteiger partial charge >= 0.3 is 6.03 Å². The van der Waals surface area contributed by atoms with E-state index in [2.05, 4.69) is 5.32 Å². The number of ether oxygens (including phenoxy) is 1. The number of methoxy groups -OCH3 is 1. The van der Waals surface area contributed by atoms with Crippen LogP contribution in [0.15, 0.2) is 0 Å². The summed E-state index contributed by atoms with van der Waals surface area (Å²) in [6, 6.07) is -0.108. The fourth-order valence-corrected chi connectivity index (χ4v) is 2.33. The lowest BCUT2D eigenvalue weighted by Gasteiger charge is -2.32. The van der Waals surface area contributed by atoms with Crippen molar-refractivity contribution in [3.63, 3.8) is 0 Å². The summed E-state index contributed by atoms with van der Waals surface area (Å²) in [6.07, 6.45) is 3.84. The monoisotopic (exact) mass is 272 g/mol. The number of nitrogens with one attached hydrogen (secondary N) is 1. The van der Waals surface area contributed by atoms with Crippen molar-refractivity contribution in [3.05, 3.63) is 0 Å². The molecule has 0 heterocycles. The number of amides is 2. The Morgan fingerprint density at radius 3 is 2.63 bits per heavy atom. The van der Waals surface area contributed by atoms with Crippen molar-refractivity contribution in [2.24, 2.45) is 5.92 Å². The molecule has 1 rings (SSSR count). The van der Waals surface area contributed by atoms with E-state index in [0.717, 1.165) is 25.7 Å². The Balaban J connectivity index is 2.35. The number of hydrogen-bond acceptors (Lipinski definition) is 3. The first kappa shape index (κ1) is 16.2. The van der Waals surface area contributed by atoms with E-state index in [4.69, 9.17) is 4.74 Å². The van der Waals surface area contributed by atoms with E-state index in [1.54, 1.807) is 19.1 Å². The molecule has 0 bridgehead atoms. The van der Waals surface area contributed by atoms with E-state index in [1.807, 2.05) is 13.8 Å². The minimum absolute atomic E-state index is 0.108. The van der Waals surface area contributed by atoms with Crippen LogP contribution in [0.25, 0.3) is 0 Å². The minimum atomic E-state index is -0.360. The van der Waals surface area contributed by atoms with Crippen LogP contribution in [0, 0.1) is 5.92 Å². The highest BCUT2D eigenvalue weighted by Crippen LogP contribution is 2.24. The maximum Gasteiger partial charge on any atom is 0.317 e. The van der Waals surface area contributed by atoms with E-state index in [-0.39, 0.29) is 23.7 Å². The number of carbonyl (C=O) groups is 1. The van der Waals surface area contributed by atoms with Gasteiger partial charge in [0.05, 0.1) is 11.7 Å². The lowest BCUT2D eigenvalue weighted by Crippen LogP contribution is -2.47. The molecule has 0 saturated heterocycles. The number of urea groups is 1. The Bertz CT molecular complexity index is 294. The molecule has 19 heavy (non-hydrogen) atoms. The van der Waals surface area contributed by atoms with Crippen LogP contribution in [0.2, 0.25) is 0 Å². The first-order valence-electron chi connectivity index (χ1n) is 7.08. The first-order chi connectivity index (χ1) is 8.85. The fraction of sp³-hybridized carbons (Fsp3) is 0.929. The molecule has 1 aliphatic carbocycles. The zero-order chi connectivity index (χ0) is 14.5. The van der Waals surface area contributed by atoms with Gasteiger partial charge in [0.1, 0.15) is 0 Å². The number of carbonyl (C=O) groups excluding carboxylic acids is 1. The number of aliphatic hydroxyl groups is 1. The van der Waals surface area contributed by atoms with Crippen molar-refractivity contribution in [2.75, 3.05) is 27.2 Å². The van der Waals surface area contributed by atoms with E-state index >= 15 is 0 Å². The standard InChI is InChI=1S/C14H28N2O3/c1-14(2,19-4)10-15-13(18)16(3)9-11-7-5-6-8-12(11)17/h11-12,17H,5-10H2,1-4H3,(H,15,18)/t11-,12+/m1/s1. The molecule has 0 aliphatic heterocycles. The molecule has 1 saturated carbocycles. The summed E-state index contributed by atoms with van der Waals surface area (Å²) in [5, 5.41) is 12.8. The summed E-state index contributed by atoms with van der Waals surface area (Å²) in [7, 11) is 3.41. The van der Waals surface area contributed by atoms with E-state index in [9.17, 15) is 9.90 Å². The second-order valence-electron chi connectivity index (χ2n) is 6.11. The molecular weight excluding hydrogens is 244 g/mol. The zero-order valence-electron chi connectivity index (χ0n) is 12.6. The summed E-state index contributed by atoms with van der Waals surface area (Å²) >= 11 is 0. The van der Waals surface area contributed by atoms with E-state index in [0.29, 0.717) is 13.1 Å². The summed E-state index contributed by atoms with van der Waals surface area (Å²) < 4.78 is 5.26. The summed E-state index contributed by atoms with van der Waals surface area (Å²) in [5.74, 6) is 0.208. The quantitative estimate of drug-likeness (QED) is 0.799. The maximum absolute atomic E-state index is 12.0. The highest BCUT2D eigenvalue weighted by atomic mass is 16.5. The Labute approximate surface area is 116 Å². The molecule has 1 fully saturated rings. The predicted octanol–water partition coefficient (Wildman–Crippen LogP) is 1.60. The van der Waals surface area contributed by atoms with Gasteiger partial charge in [-0.15, -0.1) is 0 Å². The second kappa shape index (κ2) is 7.10. The molecule has 5 heteroatoms. The molecule has 2 amide bonds. The van der Waals surface area contributed by atoms with Crippen LogP contribution >= 0.6 is 0 Å². The van der Waals surface area contributed by atoms with Gasteiger partial charge < -0.3 is 20.1 Å². The normalized spacial score (nSPS) is 24.1. The average molecular weight is 272 g/mol. The molecule has 0 spiro atoms. The van der Waals surface area contributed by atoms with Crippen LogP contribution in [-0.4, -0.2) is 55.0 Å². The maximum atomic E-state index is 12.0. The molecule has 0 unspecified atom stereocenters.